The normalized spacial score (nSPS) is 10.8. The number of benzene rings is 1. The number of rotatable bonds is 1. The molecule has 5 heteroatoms. The number of primary sulfonamides is 1. The Morgan fingerprint density at radius 1 is 1.46 bits per heavy atom. The smallest absolute Gasteiger partial charge is 0.225 e. The van der Waals surface area contributed by atoms with Crippen molar-refractivity contribution in [3.8, 4) is 12.3 Å². The van der Waals surface area contributed by atoms with Crippen molar-refractivity contribution in [2.45, 2.75) is 4.90 Å². The lowest BCUT2D eigenvalue weighted by Crippen LogP contribution is -2.11. The molecule has 0 unspecified atom stereocenters. The van der Waals surface area contributed by atoms with Crippen LogP contribution >= 0.6 is 11.6 Å². The molecule has 0 aliphatic carbocycles. The first-order chi connectivity index (χ1) is 5.95. The van der Waals surface area contributed by atoms with Crippen LogP contribution in [0, 0.1) is 12.3 Å². The molecule has 13 heavy (non-hydrogen) atoms. The summed E-state index contributed by atoms with van der Waals surface area (Å²) < 4.78 is 21.7. The Morgan fingerprint density at radius 3 is 2.46 bits per heavy atom. The maximum atomic E-state index is 10.9. The van der Waals surface area contributed by atoms with Gasteiger partial charge in [0.25, 0.3) is 0 Å². The number of hydrogen-bond donors (Lipinski definition) is 1. The van der Waals surface area contributed by atoms with Crippen LogP contribution in [0.5, 0.6) is 0 Å². The maximum absolute atomic E-state index is 10.9. The lowest BCUT2D eigenvalue weighted by Gasteiger charge is -1.99. The van der Waals surface area contributed by atoms with Gasteiger partial charge in [0.15, 0.2) is 0 Å². The number of halogens is 1. The molecule has 0 amide bonds. The topological polar surface area (TPSA) is 60.2 Å². The Kier molecular flexibility index (Phi) is 2.62. The summed E-state index contributed by atoms with van der Waals surface area (Å²) >= 11 is 5.67. The average Bonchev–Trinajstić information content (AvgIpc) is 2.02. The summed E-state index contributed by atoms with van der Waals surface area (Å²) in [6, 6.07) is 3.98. The minimum atomic E-state index is -3.70. The molecule has 3 nitrogen and oxygen atoms in total. The molecule has 1 aromatic carbocycles. The fourth-order valence-electron chi connectivity index (χ4n) is 0.790. The summed E-state index contributed by atoms with van der Waals surface area (Å²) in [6.07, 6.45) is 5.09. The molecule has 0 aromatic heterocycles. The molecular formula is C8H6ClNO2S. The quantitative estimate of drug-likeness (QED) is 0.710. The number of sulfonamides is 1. The Morgan fingerprint density at radius 2 is 2.08 bits per heavy atom. The van der Waals surface area contributed by atoms with E-state index in [0.29, 0.717) is 5.56 Å². The van der Waals surface area contributed by atoms with Crippen molar-refractivity contribution in [2.24, 2.45) is 5.14 Å². The second-order valence-corrected chi connectivity index (χ2v) is 4.30. The van der Waals surface area contributed by atoms with E-state index in [4.69, 9.17) is 23.2 Å². The van der Waals surface area contributed by atoms with Crippen LogP contribution in [-0.4, -0.2) is 8.42 Å². The van der Waals surface area contributed by atoms with E-state index in [1.165, 1.54) is 18.2 Å². The molecule has 0 aliphatic heterocycles. The summed E-state index contributed by atoms with van der Waals surface area (Å²) in [5.74, 6) is 2.31. The van der Waals surface area contributed by atoms with Crippen LogP contribution in [0.15, 0.2) is 23.1 Å². The van der Waals surface area contributed by atoms with Crippen molar-refractivity contribution < 1.29 is 8.42 Å². The molecule has 0 aliphatic rings. The predicted molar refractivity (Wildman–Crippen MR) is 50.8 cm³/mol. The van der Waals surface area contributed by atoms with Crippen LogP contribution in [0.2, 0.25) is 5.02 Å². The van der Waals surface area contributed by atoms with Gasteiger partial charge in [0.1, 0.15) is 0 Å². The van der Waals surface area contributed by atoms with Gasteiger partial charge in [0.05, 0.1) is 9.92 Å². The molecule has 68 valence electrons. The third-order valence-electron chi connectivity index (χ3n) is 1.42. The summed E-state index contributed by atoms with van der Waals surface area (Å²) in [5.41, 5.74) is 0.439. The van der Waals surface area contributed by atoms with Crippen LogP contribution in [0.4, 0.5) is 0 Å². The SMILES string of the molecule is C#Cc1ccc(S(N)(=O)=O)cc1Cl. The van der Waals surface area contributed by atoms with Gasteiger partial charge >= 0.3 is 0 Å². The molecular weight excluding hydrogens is 210 g/mol. The summed E-state index contributed by atoms with van der Waals surface area (Å²) in [7, 11) is -3.70. The first-order valence-corrected chi connectivity index (χ1v) is 5.16. The largest absolute Gasteiger partial charge is 0.238 e. The third kappa shape index (κ3) is 2.22. The van der Waals surface area contributed by atoms with Crippen molar-refractivity contribution in [1.29, 1.82) is 0 Å². The van der Waals surface area contributed by atoms with Gasteiger partial charge in [-0.05, 0) is 18.2 Å². The van der Waals surface area contributed by atoms with Gasteiger partial charge in [0.2, 0.25) is 10.0 Å². The molecule has 0 heterocycles. The molecule has 2 N–H and O–H groups in total. The number of hydrogen-bond acceptors (Lipinski definition) is 2. The van der Waals surface area contributed by atoms with Crippen molar-refractivity contribution >= 4 is 21.6 Å². The molecule has 0 atom stereocenters. The standard InChI is InChI=1S/C8H6ClNO2S/c1-2-6-3-4-7(5-8(6)9)13(10,11)12/h1,3-5H,(H2,10,11,12). The van der Waals surface area contributed by atoms with E-state index < -0.39 is 10.0 Å². The summed E-state index contributed by atoms with van der Waals surface area (Å²) in [5, 5.41) is 5.08. The minimum Gasteiger partial charge on any atom is -0.225 e. The van der Waals surface area contributed by atoms with Crippen LogP contribution in [-0.2, 0) is 10.0 Å². The highest BCUT2D eigenvalue weighted by atomic mass is 35.5. The third-order valence-corrected chi connectivity index (χ3v) is 2.65. The van der Waals surface area contributed by atoms with Gasteiger partial charge in [-0.15, -0.1) is 6.42 Å². The van der Waals surface area contributed by atoms with Gasteiger partial charge in [-0.1, -0.05) is 17.5 Å². The first kappa shape index (κ1) is 10.1. The number of terminal acetylenes is 1. The van der Waals surface area contributed by atoms with E-state index in [1.54, 1.807) is 0 Å². The van der Waals surface area contributed by atoms with Crippen molar-refractivity contribution in [1.82, 2.24) is 0 Å². The Labute approximate surface area is 81.6 Å². The first-order valence-electron chi connectivity index (χ1n) is 3.24. The molecule has 0 fully saturated rings. The van der Waals surface area contributed by atoms with Gasteiger partial charge in [0, 0.05) is 5.56 Å². The molecule has 0 radical (unpaired) electrons. The summed E-state index contributed by atoms with van der Waals surface area (Å²) in [4.78, 5) is -0.0449. The van der Waals surface area contributed by atoms with Gasteiger partial charge in [-0.3, -0.25) is 0 Å². The minimum absolute atomic E-state index is 0.0449. The zero-order valence-corrected chi connectivity index (χ0v) is 8.06. The molecule has 1 rings (SSSR count). The second-order valence-electron chi connectivity index (χ2n) is 2.33. The fraction of sp³-hybridized carbons (Fsp3) is 0. The zero-order valence-electron chi connectivity index (χ0n) is 6.49. The van der Waals surface area contributed by atoms with Crippen LogP contribution in [0.1, 0.15) is 5.56 Å². The van der Waals surface area contributed by atoms with Crippen LogP contribution < -0.4 is 5.14 Å². The van der Waals surface area contributed by atoms with E-state index in [0.717, 1.165) is 0 Å². The monoisotopic (exact) mass is 215 g/mol. The van der Waals surface area contributed by atoms with Gasteiger partial charge in [-0.2, -0.15) is 0 Å². The van der Waals surface area contributed by atoms with E-state index in [1.807, 2.05) is 0 Å². The summed E-state index contributed by atoms with van der Waals surface area (Å²) in [6.45, 7) is 0. The van der Waals surface area contributed by atoms with Crippen LogP contribution in [0.3, 0.4) is 0 Å². The predicted octanol–water partition coefficient (Wildman–Crippen LogP) is 0.969. The highest BCUT2D eigenvalue weighted by Gasteiger charge is 2.09. The highest BCUT2D eigenvalue weighted by Crippen LogP contribution is 2.18. The number of nitrogens with two attached hydrogens (primary N) is 1. The molecule has 0 saturated heterocycles. The Balaban J connectivity index is 3.36. The van der Waals surface area contributed by atoms with Crippen molar-refractivity contribution in [3.63, 3.8) is 0 Å². The van der Waals surface area contributed by atoms with Gasteiger partial charge in [-0.25, -0.2) is 13.6 Å². The van der Waals surface area contributed by atoms with Crippen LogP contribution in [0.25, 0.3) is 0 Å². The highest BCUT2D eigenvalue weighted by molar-refractivity contribution is 7.89. The Hall–Kier alpha value is -1.02. The average molecular weight is 216 g/mol. The van der Waals surface area contributed by atoms with Crippen molar-refractivity contribution in [2.75, 3.05) is 0 Å². The van der Waals surface area contributed by atoms with E-state index in [9.17, 15) is 8.42 Å². The van der Waals surface area contributed by atoms with Crippen molar-refractivity contribution in [3.05, 3.63) is 28.8 Å². The molecule has 1 aromatic rings. The lowest BCUT2D eigenvalue weighted by atomic mass is 10.2. The van der Waals surface area contributed by atoms with E-state index in [2.05, 4.69) is 5.92 Å². The molecule has 0 spiro atoms. The second kappa shape index (κ2) is 3.38. The zero-order chi connectivity index (χ0) is 10.1. The molecule has 0 bridgehead atoms. The maximum Gasteiger partial charge on any atom is 0.238 e. The lowest BCUT2D eigenvalue weighted by molar-refractivity contribution is 0.598. The Bertz CT molecular complexity index is 473. The van der Waals surface area contributed by atoms with Gasteiger partial charge < -0.3 is 0 Å². The fourth-order valence-corrected chi connectivity index (χ4v) is 1.63. The molecule has 0 saturated carbocycles. The van der Waals surface area contributed by atoms with E-state index >= 15 is 0 Å². The van der Waals surface area contributed by atoms with E-state index in [-0.39, 0.29) is 9.92 Å².